The molecule has 0 aromatic carbocycles. The third kappa shape index (κ3) is 2.45. The predicted molar refractivity (Wildman–Crippen MR) is 94.5 cm³/mol. The number of carbonyl (C=O) groups is 1. The summed E-state index contributed by atoms with van der Waals surface area (Å²) in [7, 11) is 0. The van der Waals surface area contributed by atoms with E-state index >= 15 is 0 Å². The van der Waals surface area contributed by atoms with Gasteiger partial charge in [0.15, 0.2) is 0 Å². The second-order valence-electron chi connectivity index (χ2n) is 6.95. The second-order valence-corrected chi connectivity index (χ2v) is 6.95. The Bertz CT molecular complexity index is 875. The van der Waals surface area contributed by atoms with Crippen LogP contribution in [0.4, 0.5) is 5.95 Å². The van der Waals surface area contributed by atoms with Gasteiger partial charge in [0.05, 0.1) is 5.56 Å². The smallest absolute Gasteiger partial charge is 0.255 e. The maximum Gasteiger partial charge on any atom is 0.255 e. The van der Waals surface area contributed by atoms with Crippen LogP contribution in [0.1, 0.15) is 10.4 Å². The summed E-state index contributed by atoms with van der Waals surface area (Å²) in [4.78, 5) is 25.8. The van der Waals surface area contributed by atoms with Crippen molar-refractivity contribution in [1.29, 1.82) is 0 Å². The Morgan fingerprint density at radius 3 is 2.48 bits per heavy atom. The Kier molecular flexibility index (Phi) is 3.23. The van der Waals surface area contributed by atoms with Crippen LogP contribution in [0.25, 0.3) is 5.52 Å². The number of rotatable bonds is 2. The van der Waals surface area contributed by atoms with Crippen LogP contribution >= 0.6 is 0 Å². The molecule has 126 valence electrons. The molecule has 5 heterocycles. The van der Waals surface area contributed by atoms with Gasteiger partial charge >= 0.3 is 0 Å². The standard InChI is InChI=1S/C19H19N5O/c25-18(14-8-17-4-1-2-7-22(17)9-14)23-10-15-12-24(13-16(15)11-23)19-20-5-3-6-21-19/h1-9,15-16H,10-13H2. The molecule has 2 aliphatic heterocycles. The molecule has 2 atom stereocenters. The van der Waals surface area contributed by atoms with Gasteiger partial charge < -0.3 is 14.2 Å². The third-order valence-electron chi connectivity index (χ3n) is 5.36. The fourth-order valence-corrected chi connectivity index (χ4v) is 4.13. The van der Waals surface area contributed by atoms with E-state index in [-0.39, 0.29) is 5.91 Å². The first-order valence-corrected chi connectivity index (χ1v) is 8.66. The molecular formula is C19H19N5O. The number of hydrogen-bond acceptors (Lipinski definition) is 4. The van der Waals surface area contributed by atoms with E-state index in [4.69, 9.17) is 0 Å². The number of hydrogen-bond donors (Lipinski definition) is 0. The third-order valence-corrected chi connectivity index (χ3v) is 5.36. The average Bonchev–Trinajstić information content (AvgIpc) is 3.34. The van der Waals surface area contributed by atoms with E-state index in [0.717, 1.165) is 43.2 Å². The number of pyridine rings is 1. The van der Waals surface area contributed by atoms with Crippen molar-refractivity contribution in [2.75, 3.05) is 31.1 Å². The fraction of sp³-hybridized carbons (Fsp3) is 0.316. The average molecular weight is 333 g/mol. The van der Waals surface area contributed by atoms with Gasteiger partial charge in [-0.2, -0.15) is 0 Å². The minimum atomic E-state index is 0.139. The number of fused-ring (bicyclic) bond motifs is 2. The predicted octanol–water partition coefficient (Wildman–Crippen LogP) is 1.94. The Hall–Kier alpha value is -2.89. The summed E-state index contributed by atoms with van der Waals surface area (Å²) in [5, 5.41) is 0. The van der Waals surface area contributed by atoms with Crippen LogP contribution in [-0.2, 0) is 0 Å². The maximum atomic E-state index is 12.9. The molecule has 6 heteroatoms. The number of anilines is 1. The van der Waals surface area contributed by atoms with Gasteiger partial charge in [-0.05, 0) is 24.3 Å². The number of amides is 1. The van der Waals surface area contributed by atoms with Gasteiger partial charge in [-0.1, -0.05) is 6.07 Å². The van der Waals surface area contributed by atoms with Gasteiger partial charge in [-0.15, -0.1) is 0 Å². The Morgan fingerprint density at radius 1 is 1.00 bits per heavy atom. The number of likely N-dealkylation sites (tertiary alicyclic amines) is 1. The first kappa shape index (κ1) is 14.5. The summed E-state index contributed by atoms with van der Waals surface area (Å²) in [6, 6.07) is 9.79. The van der Waals surface area contributed by atoms with Crippen molar-refractivity contribution in [2.45, 2.75) is 0 Å². The molecule has 5 rings (SSSR count). The lowest BCUT2D eigenvalue weighted by Gasteiger charge is -2.21. The van der Waals surface area contributed by atoms with Crippen LogP contribution < -0.4 is 4.90 Å². The molecule has 0 N–H and O–H groups in total. The molecule has 0 saturated carbocycles. The number of aromatic nitrogens is 3. The molecule has 0 radical (unpaired) electrons. The molecule has 2 fully saturated rings. The van der Waals surface area contributed by atoms with Crippen LogP contribution in [0.2, 0.25) is 0 Å². The quantitative estimate of drug-likeness (QED) is 0.719. The van der Waals surface area contributed by atoms with E-state index in [1.54, 1.807) is 12.4 Å². The maximum absolute atomic E-state index is 12.9. The van der Waals surface area contributed by atoms with Crippen LogP contribution in [0.15, 0.2) is 55.1 Å². The summed E-state index contributed by atoms with van der Waals surface area (Å²) in [6.45, 7) is 3.49. The van der Waals surface area contributed by atoms with Gasteiger partial charge in [0.1, 0.15) is 0 Å². The Balaban J connectivity index is 1.30. The molecular weight excluding hydrogens is 314 g/mol. The molecule has 3 aromatic heterocycles. The van der Waals surface area contributed by atoms with Crippen molar-refractivity contribution in [3.63, 3.8) is 0 Å². The number of carbonyl (C=O) groups excluding carboxylic acids is 1. The van der Waals surface area contributed by atoms with Gasteiger partial charge in [0.25, 0.3) is 5.91 Å². The molecule has 6 nitrogen and oxygen atoms in total. The van der Waals surface area contributed by atoms with E-state index in [9.17, 15) is 4.79 Å². The van der Waals surface area contributed by atoms with Crippen molar-refractivity contribution >= 4 is 17.4 Å². The first-order chi connectivity index (χ1) is 12.3. The van der Waals surface area contributed by atoms with Crippen LogP contribution in [0.5, 0.6) is 0 Å². The van der Waals surface area contributed by atoms with Crippen LogP contribution in [0, 0.1) is 11.8 Å². The molecule has 0 spiro atoms. The SMILES string of the molecule is O=C(c1cc2ccccn2c1)N1CC2CN(c3ncccn3)CC2C1. The van der Waals surface area contributed by atoms with Gasteiger partial charge in [0.2, 0.25) is 5.95 Å². The van der Waals surface area contributed by atoms with Gasteiger partial charge in [-0.25, -0.2) is 9.97 Å². The first-order valence-electron chi connectivity index (χ1n) is 8.66. The molecule has 1 amide bonds. The summed E-state index contributed by atoms with van der Waals surface area (Å²) in [5.74, 6) is 1.95. The van der Waals surface area contributed by atoms with Crippen molar-refractivity contribution in [3.05, 3.63) is 60.7 Å². The van der Waals surface area contributed by atoms with E-state index < -0.39 is 0 Å². The van der Waals surface area contributed by atoms with Crippen LogP contribution in [0.3, 0.4) is 0 Å². The lowest BCUT2D eigenvalue weighted by atomic mass is 10.0. The molecule has 2 unspecified atom stereocenters. The Morgan fingerprint density at radius 2 is 1.76 bits per heavy atom. The molecule has 0 bridgehead atoms. The summed E-state index contributed by atoms with van der Waals surface area (Å²) >= 11 is 0. The van der Waals surface area contributed by atoms with Crippen molar-refractivity contribution in [1.82, 2.24) is 19.3 Å². The summed E-state index contributed by atoms with van der Waals surface area (Å²) < 4.78 is 2.00. The van der Waals surface area contributed by atoms with Gasteiger partial charge in [0, 0.05) is 68.3 Å². The summed E-state index contributed by atoms with van der Waals surface area (Å²) in [5.41, 5.74) is 1.83. The normalized spacial score (nSPS) is 22.6. The molecule has 2 aliphatic rings. The lowest BCUT2D eigenvalue weighted by Crippen LogP contribution is -2.33. The highest BCUT2D eigenvalue weighted by molar-refractivity contribution is 5.95. The molecule has 0 aliphatic carbocycles. The van der Waals surface area contributed by atoms with Crippen molar-refractivity contribution < 1.29 is 4.79 Å². The number of nitrogens with zero attached hydrogens (tertiary/aromatic N) is 5. The molecule has 25 heavy (non-hydrogen) atoms. The highest BCUT2D eigenvalue weighted by Gasteiger charge is 2.42. The molecule has 3 aromatic rings. The van der Waals surface area contributed by atoms with E-state index in [1.807, 2.05) is 52.0 Å². The zero-order valence-electron chi connectivity index (χ0n) is 13.8. The zero-order chi connectivity index (χ0) is 16.8. The molecule has 2 saturated heterocycles. The van der Waals surface area contributed by atoms with Crippen molar-refractivity contribution in [2.24, 2.45) is 11.8 Å². The largest absolute Gasteiger partial charge is 0.340 e. The van der Waals surface area contributed by atoms with Crippen LogP contribution in [-0.4, -0.2) is 51.4 Å². The van der Waals surface area contributed by atoms with E-state index in [2.05, 4.69) is 14.9 Å². The highest BCUT2D eigenvalue weighted by Crippen LogP contribution is 2.33. The fourth-order valence-electron chi connectivity index (χ4n) is 4.13. The monoisotopic (exact) mass is 333 g/mol. The lowest BCUT2D eigenvalue weighted by molar-refractivity contribution is 0.0782. The zero-order valence-corrected chi connectivity index (χ0v) is 13.8. The van der Waals surface area contributed by atoms with E-state index in [1.165, 1.54) is 0 Å². The van der Waals surface area contributed by atoms with Crippen molar-refractivity contribution in [3.8, 4) is 0 Å². The minimum Gasteiger partial charge on any atom is -0.340 e. The van der Waals surface area contributed by atoms with E-state index in [0.29, 0.717) is 11.8 Å². The van der Waals surface area contributed by atoms with Gasteiger partial charge in [-0.3, -0.25) is 4.79 Å². The summed E-state index contributed by atoms with van der Waals surface area (Å²) in [6.07, 6.45) is 7.46. The Labute approximate surface area is 145 Å². The topological polar surface area (TPSA) is 53.7 Å². The highest BCUT2D eigenvalue weighted by atomic mass is 16.2. The minimum absolute atomic E-state index is 0.139. The second kappa shape index (κ2) is 5.58.